The molecule has 0 bridgehead atoms. The lowest BCUT2D eigenvalue weighted by atomic mass is 9.94. The van der Waals surface area contributed by atoms with Crippen LogP contribution >= 0.6 is 0 Å². The monoisotopic (exact) mass is 184 g/mol. The molecule has 0 aliphatic carbocycles. The van der Waals surface area contributed by atoms with E-state index in [4.69, 9.17) is 0 Å². The van der Waals surface area contributed by atoms with Crippen LogP contribution in [0.2, 0.25) is 0 Å². The van der Waals surface area contributed by atoms with Crippen LogP contribution in [0.5, 0.6) is 0 Å². The third-order valence-corrected chi connectivity index (χ3v) is 2.41. The van der Waals surface area contributed by atoms with Gasteiger partial charge < -0.3 is 0 Å². The highest BCUT2D eigenvalue weighted by atomic mass is 19.1. The van der Waals surface area contributed by atoms with Gasteiger partial charge in [0, 0.05) is 6.07 Å². The molecule has 0 aromatic heterocycles. The van der Waals surface area contributed by atoms with Gasteiger partial charge in [0.25, 0.3) is 0 Å². The van der Waals surface area contributed by atoms with E-state index in [1.165, 1.54) is 6.07 Å². The Morgan fingerprint density at radius 3 is 2.38 bits per heavy atom. The zero-order valence-electron chi connectivity index (χ0n) is 8.20. The van der Waals surface area contributed by atoms with Crippen LogP contribution in [-0.4, -0.2) is 0 Å². The first-order chi connectivity index (χ1) is 6.06. The fourth-order valence-electron chi connectivity index (χ4n) is 1.54. The average molecular weight is 184 g/mol. The van der Waals surface area contributed by atoms with Gasteiger partial charge in [-0.2, -0.15) is 0 Å². The number of rotatable bonds is 2. The van der Waals surface area contributed by atoms with E-state index in [1.54, 1.807) is 6.92 Å². The van der Waals surface area contributed by atoms with Crippen LogP contribution in [-0.2, 0) is 0 Å². The SMILES string of the molecule is CCC(C)c1c(C)cc(F)cc1F. The molecule has 1 atom stereocenters. The molecule has 2 heteroatoms. The van der Waals surface area contributed by atoms with Crippen molar-refractivity contribution in [2.45, 2.75) is 33.1 Å². The van der Waals surface area contributed by atoms with Gasteiger partial charge in [-0.3, -0.25) is 0 Å². The highest BCUT2D eigenvalue weighted by molar-refractivity contribution is 5.31. The number of aryl methyl sites for hydroxylation is 1. The number of hydrogen-bond acceptors (Lipinski definition) is 0. The largest absolute Gasteiger partial charge is 0.207 e. The molecule has 0 N–H and O–H groups in total. The molecule has 72 valence electrons. The van der Waals surface area contributed by atoms with E-state index >= 15 is 0 Å². The van der Waals surface area contributed by atoms with Crippen molar-refractivity contribution in [3.8, 4) is 0 Å². The Hall–Kier alpha value is -0.920. The molecule has 0 spiro atoms. The molecular formula is C11H14F2. The number of halogens is 2. The normalized spacial score (nSPS) is 13.0. The fourth-order valence-corrected chi connectivity index (χ4v) is 1.54. The minimum atomic E-state index is -0.498. The Kier molecular flexibility index (Phi) is 3.02. The second-order valence-electron chi connectivity index (χ2n) is 3.43. The summed E-state index contributed by atoms with van der Waals surface area (Å²) in [6, 6.07) is 2.33. The first kappa shape index (κ1) is 10.2. The summed E-state index contributed by atoms with van der Waals surface area (Å²) in [4.78, 5) is 0. The molecule has 0 nitrogen and oxygen atoms in total. The lowest BCUT2D eigenvalue weighted by Crippen LogP contribution is -2.00. The third kappa shape index (κ3) is 2.06. The number of hydrogen-bond donors (Lipinski definition) is 0. The third-order valence-electron chi connectivity index (χ3n) is 2.41. The van der Waals surface area contributed by atoms with Gasteiger partial charge in [0.1, 0.15) is 11.6 Å². The zero-order chi connectivity index (χ0) is 10.0. The molecular weight excluding hydrogens is 170 g/mol. The van der Waals surface area contributed by atoms with E-state index in [0.717, 1.165) is 12.5 Å². The molecule has 1 aromatic rings. The number of benzene rings is 1. The summed E-state index contributed by atoms with van der Waals surface area (Å²) in [5, 5.41) is 0. The van der Waals surface area contributed by atoms with Crippen molar-refractivity contribution in [1.82, 2.24) is 0 Å². The molecule has 0 saturated carbocycles. The van der Waals surface area contributed by atoms with E-state index in [1.807, 2.05) is 13.8 Å². The Labute approximate surface area is 77.6 Å². The average Bonchev–Trinajstić information content (AvgIpc) is 2.02. The van der Waals surface area contributed by atoms with Crippen molar-refractivity contribution in [2.24, 2.45) is 0 Å². The van der Waals surface area contributed by atoms with Crippen molar-refractivity contribution in [2.75, 3.05) is 0 Å². The standard InChI is InChI=1S/C11H14F2/c1-4-7(2)11-8(3)5-9(12)6-10(11)13/h5-7H,4H2,1-3H3. The van der Waals surface area contributed by atoms with Gasteiger partial charge in [0.15, 0.2) is 0 Å². The summed E-state index contributed by atoms with van der Waals surface area (Å²) in [6.07, 6.45) is 0.864. The fraction of sp³-hybridized carbons (Fsp3) is 0.455. The van der Waals surface area contributed by atoms with Gasteiger partial charge in [-0.1, -0.05) is 13.8 Å². The van der Waals surface area contributed by atoms with Crippen LogP contribution in [0.1, 0.15) is 37.3 Å². The lowest BCUT2D eigenvalue weighted by molar-refractivity contribution is 0.553. The minimum Gasteiger partial charge on any atom is -0.207 e. The van der Waals surface area contributed by atoms with E-state index in [0.29, 0.717) is 11.1 Å². The Morgan fingerprint density at radius 1 is 1.31 bits per heavy atom. The van der Waals surface area contributed by atoms with Gasteiger partial charge in [-0.05, 0) is 36.5 Å². The van der Waals surface area contributed by atoms with Gasteiger partial charge in [0.05, 0.1) is 0 Å². The molecule has 0 fully saturated rings. The molecule has 1 unspecified atom stereocenters. The Bertz CT molecular complexity index is 282. The maximum absolute atomic E-state index is 13.3. The summed E-state index contributed by atoms with van der Waals surface area (Å²) in [6.45, 7) is 5.68. The molecule has 0 heterocycles. The molecule has 1 rings (SSSR count). The summed E-state index contributed by atoms with van der Waals surface area (Å²) >= 11 is 0. The molecule has 0 aliphatic heterocycles. The van der Waals surface area contributed by atoms with E-state index < -0.39 is 11.6 Å². The highest BCUT2D eigenvalue weighted by Crippen LogP contribution is 2.25. The van der Waals surface area contributed by atoms with E-state index in [-0.39, 0.29) is 5.92 Å². The van der Waals surface area contributed by atoms with E-state index in [2.05, 4.69) is 0 Å². The molecule has 1 aromatic carbocycles. The summed E-state index contributed by atoms with van der Waals surface area (Å²) in [5.74, 6) is -0.769. The summed E-state index contributed by atoms with van der Waals surface area (Å²) in [7, 11) is 0. The van der Waals surface area contributed by atoms with Gasteiger partial charge in [0.2, 0.25) is 0 Å². The second-order valence-corrected chi connectivity index (χ2v) is 3.43. The van der Waals surface area contributed by atoms with Crippen LogP contribution < -0.4 is 0 Å². The van der Waals surface area contributed by atoms with Gasteiger partial charge >= 0.3 is 0 Å². The zero-order valence-corrected chi connectivity index (χ0v) is 8.20. The smallest absolute Gasteiger partial charge is 0.129 e. The predicted molar refractivity (Wildman–Crippen MR) is 49.8 cm³/mol. The van der Waals surface area contributed by atoms with Crippen LogP contribution in [0.25, 0.3) is 0 Å². The van der Waals surface area contributed by atoms with Crippen LogP contribution in [0.4, 0.5) is 8.78 Å². The maximum atomic E-state index is 13.3. The van der Waals surface area contributed by atoms with Crippen LogP contribution in [0, 0.1) is 18.6 Å². The Balaban J connectivity index is 3.20. The van der Waals surface area contributed by atoms with Crippen LogP contribution in [0.3, 0.4) is 0 Å². The molecule has 0 saturated heterocycles. The van der Waals surface area contributed by atoms with Gasteiger partial charge in [-0.25, -0.2) is 8.78 Å². The van der Waals surface area contributed by atoms with Crippen molar-refractivity contribution < 1.29 is 8.78 Å². The topological polar surface area (TPSA) is 0 Å². The molecule has 0 radical (unpaired) electrons. The summed E-state index contributed by atoms with van der Waals surface area (Å²) < 4.78 is 26.0. The predicted octanol–water partition coefficient (Wildman–Crippen LogP) is 3.79. The molecule has 0 amide bonds. The minimum absolute atomic E-state index is 0.153. The van der Waals surface area contributed by atoms with E-state index in [9.17, 15) is 8.78 Å². The van der Waals surface area contributed by atoms with Crippen molar-refractivity contribution >= 4 is 0 Å². The first-order valence-corrected chi connectivity index (χ1v) is 4.51. The first-order valence-electron chi connectivity index (χ1n) is 4.51. The molecule has 0 aliphatic rings. The van der Waals surface area contributed by atoms with Crippen molar-refractivity contribution in [3.63, 3.8) is 0 Å². The lowest BCUT2D eigenvalue weighted by Gasteiger charge is -2.13. The Morgan fingerprint density at radius 2 is 1.92 bits per heavy atom. The second kappa shape index (κ2) is 3.86. The van der Waals surface area contributed by atoms with Crippen molar-refractivity contribution in [3.05, 3.63) is 34.9 Å². The van der Waals surface area contributed by atoms with Crippen molar-refractivity contribution in [1.29, 1.82) is 0 Å². The quantitative estimate of drug-likeness (QED) is 0.656. The molecule has 13 heavy (non-hydrogen) atoms. The highest BCUT2D eigenvalue weighted by Gasteiger charge is 2.13. The van der Waals surface area contributed by atoms with Crippen LogP contribution in [0.15, 0.2) is 12.1 Å². The van der Waals surface area contributed by atoms with Gasteiger partial charge in [-0.15, -0.1) is 0 Å². The maximum Gasteiger partial charge on any atom is 0.129 e. The summed E-state index contributed by atoms with van der Waals surface area (Å²) in [5.41, 5.74) is 1.34.